The Labute approximate surface area is 114 Å². The molecule has 0 aliphatic rings. The molecule has 6 heteroatoms. The zero-order valence-electron chi connectivity index (χ0n) is 10.3. The minimum absolute atomic E-state index is 0.210. The lowest BCUT2D eigenvalue weighted by molar-refractivity contribution is 0.102. The summed E-state index contributed by atoms with van der Waals surface area (Å²) in [6, 6.07) is 5.33. The number of nitrogens with zero attached hydrogens (tertiary/aromatic N) is 2. The van der Waals surface area contributed by atoms with E-state index in [9.17, 15) is 4.79 Å². The second-order valence-electron chi connectivity index (χ2n) is 3.73. The summed E-state index contributed by atoms with van der Waals surface area (Å²) >= 11 is 1.27. The molecule has 0 aliphatic heterocycles. The van der Waals surface area contributed by atoms with Gasteiger partial charge in [-0.3, -0.25) is 10.1 Å². The van der Waals surface area contributed by atoms with E-state index in [-0.39, 0.29) is 5.91 Å². The molecule has 0 aliphatic carbocycles. The standard InChI is InChI=1S/C13H12N4OS/c1-9-7-11(5-4-10(9)3-2-6-14)12(18)16-13-17-15-8-19-13/h4-5,7-8H,6,14H2,1H3,(H,16,17,18). The highest BCUT2D eigenvalue weighted by Crippen LogP contribution is 2.13. The van der Waals surface area contributed by atoms with E-state index in [0.29, 0.717) is 17.2 Å². The van der Waals surface area contributed by atoms with Gasteiger partial charge >= 0.3 is 0 Å². The maximum atomic E-state index is 12.0. The van der Waals surface area contributed by atoms with Crippen LogP contribution in [-0.4, -0.2) is 22.6 Å². The molecule has 19 heavy (non-hydrogen) atoms. The molecule has 0 bridgehead atoms. The molecular formula is C13H12N4OS. The van der Waals surface area contributed by atoms with Crippen molar-refractivity contribution in [2.75, 3.05) is 11.9 Å². The number of aryl methyl sites for hydroxylation is 1. The monoisotopic (exact) mass is 272 g/mol. The minimum Gasteiger partial charge on any atom is -0.320 e. The highest BCUT2D eigenvalue weighted by molar-refractivity contribution is 7.13. The molecule has 0 saturated carbocycles. The smallest absolute Gasteiger partial charge is 0.257 e. The van der Waals surface area contributed by atoms with Crippen LogP contribution in [0.2, 0.25) is 0 Å². The van der Waals surface area contributed by atoms with Crippen LogP contribution in [0, 0.1) is 18.8 Å². The van der Waals surface area contributed by atoms with E-state index in [4.69, 9.17) is 5.73 Å². The molecular weight excluding hydrogens is 260 g/mol. The number of rotatable bonds is 2. The fourth-order valence-electron chi connectivity index (χ4n) is 1.49. The molecule has 96 valence electrons. The molecule has 1 amide bonds. The van der Waals surface area contributed by atoms with E-state index in [0.717, 1.165) is 11.1 Å². The summed E-state index contributed by atoms with van der Waals surface area (Å²) in [5.41, 5.74) is 9.26. The SMILES string of the molecule is Cc1cc(C(=O)Nc2nncs2)ccc1C#CCN. The first-order valence-corrected chi connectivity index (χ1v) is 6.46. The van der Waals surface area contributed by atoms with Crippen LogP contribution in [0.1, 0.15) is 21.5 Å². The van der Waals surface area contributed by atoms with E-state index < -0.39 is 0 Å². The lowest BCUT2D eigenvalue weighted by Crippen LogP contribution is -2.12. The molecule has 1 aromatic heterocycles. The molecule has 1 aromatic carbocycles. The van der Waals surface area contributed by atoms with Gasteiger partial charge in [0.1, 0.15) is 5.51 Å². The van der Waals surface area contributed by atoms with Gasteiger partial charge in [-0.15, -0.1) is 10.2 Å². The van der Waals surface area contributed by atoms with Gasteiger partial charge in [-0.1, -0.05) is 23.2 Å². The van der Waals surface area contributed by atoms with Gasteiger partial charge in [0.05, 0.1) is 6.54 Å². The number of nitrogens with one attached hydrogen (secondary N) is 1. The fourth-order valence-corrected chi connectivity index (χ4v) is 1.93. The Balaban J connectivity index is 2.17. The summed E-state index contributed by atoms with van der Waals surface area (Å²) < 4.78 is 0. The molecule has 0 saturated heterocycles. The van der Waals surface area contributed by atoms with Crippen LogP contribution in [0.5, 0.6) is 0 Å². The predicted molar refractivity (Wildman–Crippen MR) is 75.0 cm³/mol. The number of nitrogens with two attached hydrogens (primary N) is 1. The third-order valence-electron chi connectivity index (χ3n) is 2.39. The second-order valence-corrected chi connectivity index (χ2v) is 4.57. The number of amides is 1. The van der Waals surface area contributed by atoms with Crippen LogP contribution in [0.4, 0.5) is 5.13 Å². The van der Waals surface area contributed by atoms with Gasteiger partial charge in [-0.25, -0.2) is 0 Å². The summed E-state index contributed by atoms with van der Waals surface area (Å²) in [5, 5.41) is 10.6. The average Bonchev–Trinajstić information content (AvgIpc) is 2.90. The molecule has 5 nitrogen and oxygen atoms in total. The van der Waals surface area contributed by atoms with Gasteiger partial charge in [0, 0.05) is 11.1 Å². The number of hydrogen-bond acceptors (Lipinski definition) is 5. The Morgan fingerprint density at radius 2 is 2.37 bits per heavy atom. The highest BCUT2D eigenvalue weighted by atomic mass is 32.1. The van der Waals surface area contributed by atoms with Crippen LogP contribution in [0.25, 0.3) is 0 Å². The van der Waals surface area contributed by atoms with Gasteiger partial charge in [-0.05, 0) is 30.7 Å². The molecule has 0 radical (unpaired) electrons. The summed E-state index contributed by atoms with van der Waals surface area (Å²) in [6.07, 6.45) is 0. The van der Waals surface area contributed by atoms with Crippen LogP contribution in [0.3, 0.4) is 0 Å². The van der Waals surface area contributed by atoms with E-state index in [2.05, 4.69) is 27.4 Å². The fraction of sp³-hybridized carbons (Fsp3) is 0.154. The number of benzene rings is 1. The third-order valence-corrected chi connectivity index (χ3v) is 3.00. The van der Waals surface area contributed by atoms with Crippen molar-refractivity contribution in [3.8, 4) is 11.8 Å². The number of carbonyl (C=O) groups is 1. The van der Waals surface area contributed by atoms with Gasteiger partial charge in [0.2, 0.25) is 5.13 Å². The first kappa shape index (κ1) is 13.2. The summed E-state index contributed by atoms with van der Waals surface area (Å²) in [4.78, 5) is 12.0. The average molecular weight is 272 g/mol. The quantitative estimate of drug-likeness (QED) is 0.810. The Hall–Kier alpha value is -2.23. The predicted octanol–water partition coefficient (Wildman–Crippen LogP) is 1.41. The summed E-state index contributed by atoms with van der Waals surface area (Å²) in [5.74, 6) is 5.54. The molecule has 0 fully saturated rings. The number of carbonyl (C=O) groups excluding carboxylic acids is 1. The second kappa shape index (κ2) is 6.09. The molecule has 0 spiro atoms. The molecule has 2 aromatic rings. The van der Waals surface area contributed by atoms with Crippen molar-refractivity contribution in [1.29, 1.82) is 0 Å². The van der Waals surface area contributed by atoms with Crippen LogP contribution >= 0.6 is 11.3 Å². The summed E-state index contributed by atoms with van der Waals surface area (Å²) in [7, 11) is 0. The van der Waals surface area contributed by atoms with Crippen molar-refractivity contribution >= 4 is 22.4 Å². The number of aromatic nitrogens is 2. The van der Waals surface area contributed by atoms with Gasteiger partial charge in [-0.2, -0.15) is 0 Å². The zero-order valence-corrected chi connectivity index (χ0v) is 11.1. The lowest BCUT2D eigenvalue weighted by atomic mass is 10.1. The number of anilines is 1. The molecule has 3 N–H and O–H groups in total. The molecule has 0 atom stereocenters. The number of hydrogen-bond donors (Lipinski definition) is 2. The van der Waals surface area contributed by atoms with Crippen molar-refractivity contribution in [1.82, 2.24) is 10.2 Å². The van der Waals surface area contributed by atoms with E-state index >= 15 is 0 Å². The van der Waals surface area contributed by atoms with E-state index in [1.807, 2.05) is 13.0 Å². The zero-order chi connectivity index (χ0) is 13.7. The van der Waals surface area contributed by atoms with Crippen LogP contribution < -0.4 is 11.1 Å². The molecule has 0 unspecified atom stereocenters. The maximum Gasteiger partial charge on any atom is 0.257 e. The van der Waals surface area contributed by atoms with E-state index in [1.54, 1.807) is 17.6 Å². The minimum atomic E-state index is -0.210. The lowest BCUT2D eigenvalue weighted by Gasteiger charge is -2.04. The van der Waals surface area contributed by atoms with Crippen LogP contribution in [0.15, 0.2) is 23.7 Å². The van der Waals surface area contributed by atoms with Gasteiger partial charge < -0.3 is 5.73 Å². The summed E-state index contributed by atoms with van der Waals surface area (Å²) in [6.45, 7) is 2.22. The Kier molecular flexibility index (Phi) is 4.23. The molecule has 1 heterocycles. The topological polar surface area (TPSA) is 80.9 Å². The molecule has 2 rings (SSSR count). The van der Waals surface area contributed by atoms with Crippen molar-refractivity contribution in [2.24, 2.45) is 5.73 Å². The Morgan fingerprint density at radius 1 is 1.53 bits per heavy atom. The van der Waals surface area contributed by atoms with Crippen LogP contribution in [-0.2, 0) is 0 Å². The normalized spacial score (nSPS) is 9.58. The third kappa shape index (κ3) is 3.37. The first-order valence-electron chi connectivity index (χ1n) is 5.58. The van der Waals surface area contributed by atoms with E-state index in [1.165, 1.54) is 11.3 Å². The van der Waals surface area contributed by atoms with Crippen molar-refractivity contribution in [3.05, 3.63) is 40.4 Å². The van der Waals surface area contributed by atoms with Gasteiger partial charge in [0.15, 0.2) is 0 Å². The largest absolute Gasteiger partial charge is 0.320 e. The van der Waals surface area contributed by atoms with Gasteiger partial charge in [0.25, 0.3) is 5.91 Å². The van der Waals surface area contributed by atoms with Crippen molar-refractivity contribution < 1.29 is 4.79 Å². The maximum absolute atomic E-state index is 12.0. The van der Waals surface area contributed by atoms with Crippen molar-refractivity contribution in [2.45, 2.75) is 6.92 Å². The Morgan fingerprint density at radius 3 is 3.00 bits per heavy atom. The van der Waals surface area contributed by atoms with Crippen molar-refractivity contribution in [3.63, 3.8) is 0 Å². The highest BCUT2D eigenvalue weighted by Gasteiger charge is 2.09. The first-order chi connectivity index (χ1) is 9.20. The Bertz CT molecular complexity index is 640.